The van der Waals surface area contributed by atoms with Crippen molar-refractivity contribution >= 4 is 27.5 Å². The van der Waals surface area contributed by atoms with Gasteiger partial charge in [0.15, 0.2) is 5.13 Å². The Morgan fingerprint density at radius 3 is 2.95 bits per heavy atom. The maximum atomic E-state index is 4.87. The minimum Gasteiger partial charge on any atom is -0.347 e. The average Bonchev–Trinajstić information content (AvgIpc) is 3.14. The standard InChI is InChI=1S/C17H20N4S/c1-11-5-3-7-14-15(11)20-16(19-14)13-6-4-8-21(9-13)17-18-12(2)10-22-17/h3,5,7,10,13H,4,6,8-9H2,1-2H3,(H,19,20)/t13-/m0/s1. The van der Waals surface area contributed by atoms with Gasteiger partial charge in [-0.05, 0) is 38.3 Å². The van der Waals surface area contributed by atoms with Gasteiger partial charge in [-0.1, -0.05) is 12.1 Å². The van der Waals surface area contributed by atoms with Crippen LogP contribution in [0.25, 0.3) is 11.0 Å². The Morgan fingerprint density at radius 2 is 2.18 bits per heavy atom. The van der Waals surface area contributed by atoms with Crippen molar-refractivity contribution in [1.82, 2.24) is 15.0 Å². The Kier molecular flexibility index (Phi) is 3.37. The molecule has 3 aromatic rings. The lowest BCUT2D eigenvalue weighted by molar-refractivity contribution is 0.494. The molecule has 0 saturated carbocycles. The number of fused-ring (bicyclic) bond motifs is 1. The average molecular weight is 312 g/mol. The molecule has 1 aliphatic heterocycles. The summed E-state index contributed by atoms with van der Waals surface area (Å²) in [5, 5.41) is 3.28. The predicted molar refractivity (Wildman–Crippen MR) is 91.9 cm³/mol. The lowest BCUT2D eigenvalue weighted by Crippen LogP contribution is -2.34. The maximum absolute atomic E-state index is 4.87. The number of aromatic amines is 1. The van der Waals surface area contributed by atoms with Gasteiger partial charge in [0.1, 0.15) is 5.82 Å². The number of H-pyrrole nitrogens is 1. The summed E-state index contributed by atoms with van der Waals surface area (Å²) in [6, 6.07) is 6.33. The second-order valence-corrected chi connectivity index (χ2v) is 6.99. The van der Waals surface area contributed by atoms with Crippen molar-refractivity contribution in [2.24, 2.45) is 0 Å². The van der Waals surface area contributed by atoms with Gasteiger partial charge in [-0.25, -0.2) is 9.97 Å². The Balaban J connectivity index is 1.62. The van der Waals surface area contributed by atoms with E-state index in [0.29, 0.717) is 5.92 Å². The number of hydrogen-bond donors (Lipinski definition) is 1. The number of hydrogen-bond acceptors (Lipinski definition) is 4. The molecule has 2 aromatic heterocycles. The van der Waals surface area contributed by atoms with Gasteiger partial charge in [0, 0.05) is 24.4 Å². The summed E-state index contributed by atoms with van der Waals surface area (Å²) in [6.45, 7) is 6.29. The van der Waals surface area contributed by atoms with Crippen molar-refractivity contribution < 1.29 is 0 Å². The molecular formula is C17H20N4S. The van der Waals surface area contributed by atoms with Gasteiger partial charge in [0.2, 0.25) is 0 Å². The SMILES string of the molecule is Cc1csc(N2CCC[C@H](c3nc4c(C)cccc4[nH]3)C2)n1. The third-order valence-corrected chi connectivity index (χ3v) is 5.44. The van der Waals surface area contributed by atoms with Crippen LogP contribution in [0.5, 0.6) is 0 Å². The number of aromatic nitrogens is 3. The highest BCUT2D eigenvalue weighted by atomic mass is 32.1. The van der Waals surface area contributed by atoms with Gasteiger partial charge in [0.05, 0.1) is 16.7 Å². The van der Waals surface area contributed by atoms with Crippen LogP contribution in [0.4, 0.5) is 5.13 Å². The minimum atomic E-state index is 0.463. The second kappa shape index (κ2) is 5.39. The molecule has 0 bridgehead atoms. The molecule has 1 atom stereocenters. The van der Waals surface area contributed by atoms with E-state index < -0.39 is 0 Å². The van der Waals surface area contributed by atoms with E-state index in [2.05, 4.69) is 52.3 Å². The number of rotatable bonds is 2. The first-order chi connectivity index (χ1) is 10.7. The smallest absolute Gasteiger partial charge is 0.185 e. The van der Waals surface area contributed by atoms with Crippen LogP contribution in [-0.4, -0.2) is 28.0 Å². The van der Waals surface area contributed by atoms with E-state index in [4.69, 9.17) is 4.98 Å². The van der Waals surface area contributed by atoms with E-state index >= 15 is 0 Å². The topological polar surface area (TPSA) is 44.8 Å². The van der Waals surface area contributed by atoms with Gasteiger partial charge in [-0.15, -0.1) is 11.3 Å². The first-order valence-corrected chi connectivity index (χ1v) is 8.71. The van der Waals surface area contributed by atoms with Crippen LogP contribution in [0.1, 0.15) is 35.8 Å². The van der Waals surface area contributed by atoms with Crippen LogP contribution in [0.2, 0.25) is 0 Å². The highest BCUT2D eigenvalue weighted by Crippen LogP contribution is 2.31. The maximum Gasteiger partial charge on any atom is 0.185 e. The molecule has 0 amide bonds. The number of anilines is 1. The molecule has 0 unspecified atom stereocenters. The largest absolute Gasteiger partial charge is 0.347 e. The van der Waals surface area contributed by atoms with Crippen molar-refractivity contribution in [1.29, 1.82) is 0 Å². The van der Waals surface area contributed by atoms with Crippen molar-refractivity contribution in [3.8, 4) is 0 Å². The van der Waals surface area contributed by atoms with Crippen LogP contribution in [-0.2, 0) is 0 Å². The number of imidazole rings is 1. The fourth-order valence-corrected chi connectivity index (χ4v) is 4.09. The molecule has 114 valence electrons. The fourth-order valence-electron chi connectivity index (χ4n) is 3.25. The van der Waals surface area contributed by atoms with Crippen LogP contribution in [0.15, 0.2) is 23.6 Å². The third kappa shape index (κ3) is 2.39. The molecule has 0 radical (unpaired) electrons. The molecule has 22 heavy (non-hydrogen) atoms. The third-order valence-electron chi connectivity index (χ3n) is 4.42. The van der Waals surface area contributed by atoms with Crippen molar-refractivity contribution in [2.75, 3.05) is 18.0 Å². The molecule has 5 heteroatoms. The predicted octanol–water partition coefficient (Wildman–Crippen LogP) is 4.02. The monoisotopic (exact) mass is 312 g/mol. The fraction of sp³-hybridized carbons (Fsp3) is 0.412. The molecule has 1 fully saturated rings. The Labute approximate surface area is 134 Å². The lowest BCUT2D eigenvalue weighted by Gasteiger charge is -2.31. The summed E-state index contributed by atoms with van der Waals surface area (Å²) in [4.78, 5) is 15.4. The first kappa shape index (κ1) is 13.8. The van der Waals surface area contributed by atoms with E-state index in [-0.39, 0.29) is 0 Å². The van der Waals surface area contributed by atoms with Gasteiger partial charge in [-0.2, -0.15) is 0 Å². The minimum absolute atomic E-state index is 0.463. The first-order valence-electron chi connectivity index (χ1n) is 7.83. The van der Waals surface area contributed by atoms with Crippen LogP contribution in [0.3, 0.4) is 0 Å². The molecule has 0 aliphatic carbocycles. The summed E-state index contributed by atoms with van der Waals surface area (Å²) in [7, 11) is 0. The lowest BCUT2D eigenvalue weighted by atomic mass is 9.98. The van der Waals surface area contributed by atoms with E-state index in [0.717, 1.165) is 40.8 Å². The number of nitrogens with zero attached hydrogens (tertiary/aromatic N) is 3. The molecule has 1 N–H and O–H groups in total. The number of para-hydroxylation sites is 1. The zero-order valence-corrected chi connectivity index (χ0v) is 13.8. The number of nitrogens with one attached hydrogen (secondary N) is 1. The summed E-state index contributed by atoms with van der Waals surface area (Å²) in [5.74, 6) is 1.59. The highest BCUT2D eigenvalue weighted by Gasteiger charge is 2.25. The molecule has 1 aliphatic rings. The van der Waals surface area contributed by atoms with Crippen LogP contribution < -0.4 is 4.90 Å². The van der Waals surface area contributed by atoms with Crippen LogP contribution >= 0.6 is 11.3 Å². The van der Waals surface area contributed by atoms with Gasteiger partial charge in [-0.3, -0.25) is 0 Å². The zero-order chi connectivity index (χ0) is 15.1. The summed E-state index contributed by atoms with van der Waals surface area (Å²) in [6.07, 6.45) is 2.39. The summed E-state index contributed by atoms with van der Waals surface area (Å²) < 4.78 is 0. The Morgan fingerprint density at radius 1 is 1.27 bits per heavy atom. The summed E-state index contributed by atoms with van der Waals surface area (Å²) in [5.41, 5.74) is 4.61. The number of thiazole rings is 1. The van der Waals surface area contributed by atoms with Crippen LogP contribution in [0, 0.1) is 13.8 Å². The Bertz CT molecular complexity index is 804. The molecule has 1 saturated heterocycles. The van der Waals surface area contributed by atoms with Gasteiger partial charge in [0.25, 0.3) is 0 Å². The van der Waals surface area contributed by atoms with Gasteiger partial charge < -0.3 is 9.88 Å². The Hall–Kier alpha value is -1.88. The molecule has 4 rings (SSSR count). The van der Waals surface area contributed by atoms with Crippen molar-refractivity contribution in [3.63, 3.8) is 0 Å². The number of piperidine rings is 1. The molecule has 3 heterocycles. The normalized spacial score (nSPS) is 19.0. The van der Waals surface area contributed by atoms with Crippen molar-refractivity contribution in [3.05, 3.63) is 40.7 Å². The second-order valence-electron chi connectivity index (χ2n) is 6.15. The molecular weight excluding hydrogens is 292 g/mol. The number of benzene rings is 1. The van der Waals surface area contributed by atoms with E-state index in [1.165, 1.54) is 18.4 Å². The van der Waals surface area contributed by atoms with E-state index in [1.807, 2.05) is 0 Å². The molecule has 0 spiro atoms. The molecule has 4 nitrogen and oxygen atoms in total. The highest BCUT2D eigenvalue weighted by molar-refractivity contribution is 7.13. The zero-order valence-electron chi connectivity index (χ0n) is 13.0. The van der Waals surface area contributed by atoms with Crippen molar-refractivity contribution in [2.45, 2.75) is 32.6 Å². The quantitative estimate of drug-likeness (QED) is 0.777. The number of aryl methyl sites for hydroxylation is 2. The molecule has 1 aromatic carbocycles. The van der Waals surface area contributed by atoms with E-state index in [9.17, 15) is 0 Å². The van der Waals surface area contributed by atoms with E-state index in [1.54, 1.807) is 11.3 Å². The van der Waals surface area contributed by atoms with Gasteiger partial charge >= 0.3 is 0 Å². The summed E-state index contributed by atoms with van der Waals surface area (Å²) >= 11 is 1.74.